The summed E-state index contributed by atoms with van der Waals surface area (Å²) in [6.45, 7) is 2.86. The largest absolute Gasteiger partial charge is 0.464 e. The van der Waals surface area contributed by atoms with Gasteiger partial charge in [0, 0.05) is 6.42 Å². The van der Waals surface area contributed by atoms with E-state index in [1.807, 2.05) is 0 Å². The average Bonchev–Trinajstić information content (AvgIpc) is 2.38. The average molecular weight is 142 g/mol. The van der Waals surface area contributed by atoms with E-state index in [4.69, 9.17) is 4.74 Å². The zero-order valence-electron chi connectivity index (χ0n) is 5.91. The molecule has 0 saturated heterocycles. The first-order valence-corrected chi connectivity index (χ1v) is 3.38. The van der Waals surface area contributed by atoms with Crippen molar-refractivity contribution < 1.29 is 9.53 Å². The van der Waals surface area contributed by atoms with E-state index in [1.165, 1.54) is 0 Å². The standard InChI is InChI=1S/C6H10N2O2/c1-2-10-6(9)5-3-4-7-8-5/h5H,2-4H2,1H3. The molecule has 1 rings (SSSR count). The Morgan fingerprint density at radius 3 is 3.10 bits per heavy atom. The number of hydrogen-bond donors (Lipinski definition) is 0. The topological polar surface area (TPSA) is 51.0 Å². The van der Waals surface area contributed by atoms with Crippen LogP contribution in [0.15, 0.2) is 10.2 Å². The number of nitrogens with zero attached hydrogens (tertiary/aromatic N) is 2. The lowest BCUT2D eigenvalue weighted by atomic mass is 10.2. The third-order valence-corrected chi connectivity index (χ3v) is 1.28. The van der Waals surface area contributed by atoms with Crippen LogP contribution in [-0.2, 0) is 9.53 Å². The molecule has 0 aliphatic carbocycles. The summed E-state index contributed by atoms with van der Waals surface area (Å²) in [5, 5.41) is 7.40. The van der Waals surface area contributed by atoms with Crippen molar-refractivity contribution in [3.8, 4) is 0 Å². The molecule has 0 aromatic heterocycles. The van der Waals surface area contributed by atoms with Crippen LogP contribution in [0.4, 0.5) is 0 Å². The van der Waals surface area contributed by atoms with Crippen LogP contribution in [0.1, 0.15) is 13.3 Å². The first kappa shape index (κ1) is 7.18. The van der Waals surface area contributed by atoms with Gasteiger partial charge >= 0.3 is 5.97 Å². The van der Waals surface area contributed by atoms with Gasteiger partial charge in [-0.15, -0.1) is 0 Å². The molecule has 0 bridgehead atoms. The van der Waals surface area contributed by atoms with Crippen LogP contribution in [0.3, 0.4) is 0 Å². The molecule has 1 aliphatic rings. The van der Waals surface area contributed by atoms with Crippen molar-refractivity contribution in [2.45, 2.75) is 19.4 Å². The van der Waals surface area contributed by atoms with Crippen molar-refractivity contribution in [1.82, 2.24) is 0 Å². The molecule has 0 radical (unpaired) electrons. The van der Waals surface area contributed by atoms with Crippen LogP contribution in [0, 0.1) is 0 Å². The van der Waals surface area contributed by atoms with Crippen LogP contribution in [0.25, 0.3) is 0 Å². The molecule has 4 nitrogen and oxygen atoms in total. The molecule has 10 heavy (non-hydrogen) atoms. The van der Waals surface area contributed by atoms with Gasteiger partial charge in [0.05, 0.1) is 13.2 Å². The molecular weight excluding hydrogens is 132 g/mol. The fraction of sp³-hybridized carbons (Fsp3) is 0.833. The van der Waals surface area contributed by atoms with Crippen LogP contribution >= 0.6 is 0 Å². The minimum Gasteiger partial charge on any atom is -0.464 e. The molecule has 56 valence electrons. The molecule has 0 amide bonds. The predicted molar refractivity (Wildman–Crippen MR) is 34.8 cm³/mol. The third kappa shape index (κ3) is 1.52. The van der Waals surface area contributed by atoms with E-state index in [2.05, 4.69) is 10.2 Å². The van der Waals surface area contributed by atoms with Gasteiger partial charge in [-0.1, -0.05) is 0 Å². The van der Waals surface area contributed by atoms with E-state index < -0.39 is 0 Å². The number of carbonyl (C=O) groups is 1. The predicted octanol–water partition coefficient (Wildman–Crippen LogP) is 0.774. The molecule has 0 saturated carbocycles. The van der Waals surface area contributed by atoms with E-state index in [-0.39, 0.29) is 12.0 Å². The fourth-order valence-corrected chi connectivity index (χ4v) is 0.797. The molecule has 0 aromatic carbocycles. The summed E-state index contributed by atoms with van der Waals surface area (Å²) in [5.41, 5.74) is 0. The normalized spacial score (nSPS) is 23.1. The smallest absolute Gasteiger partial charge is 0.332 e. The monoisotopic (exact) mass is 142 g/mol. The van der Waals surface area contributed by atoms with Gasteiger partial charge in [-0.05, 0) is 6.92 Å². The molecule has 1 aliphatic heterocycles. The molecule has 1 heterocycles. The van der Waals surface area contributed by atoms with E-state index in [0.717, 1.165) is 0 Å². The number of carbonyl (C=O) groups excluding carboxylic acids is 1. The summed E-state index contributed by atoms with van der Waals surface area (Å²) >= 11 is 0. The maximum atomic E-state index is 10.9. The van der Waals surface area contributed by atoms with Crippen LogP contribution in [0.2, 0.25) is 0 Å². The molecule has 1 atom stereocenters. The van der Waals surface area contributed by atoms with Crippen molar-refractivity contribution in [2.24, 2.45) is 10.2 Å². The fourth-order valence-electron chi connectivity index (χ4n) is 0.797. The van der Waals surface area contributed by atoms with E-state index in [9.17, 15) is 4.79 Å². The second kappa shape index (κ2) is 3.29. The Bertz CT molecular complexity index is 156. The van der Waals surface area contributed by atoms with Crippen molar-refractivity contribution in [2.75, 3.05) is 13.2 Å². The first-order chi connectivity index (χ1) is 4.84. The van der Waals surface area contributed by atoms with Gasteiger partial charge in [-0.3, -0.25) is 0 Å². The summed E-state index contributed by atoms with van der Waals surface area (Å²) in [4.78, 5) is 10.9. The highest BCUT2D eigenvalue weighted by Crippen LogP contribution is 2.08. The van der Waals surface area contributed by atoms with Gasteiger partial charge in [0.25, 0.3) is 0 Å². The zero-order chi connectivity index (χ0) is 7.40. The summed E-state index contributed by atoms with van der Waals surface area (Å²) in [5.74, 6) is -0.247. The minimum absolute atomic E-state index is 0.247. The molecule has 1 unspecified atom stereocenters. The molecule has 0 spiro atoms. The van der Waals surface area contributed by atoms with E-state index >= 15 is 0 Å². The SMILES string of the molecule is CCOC(=O)C1CCN=N1. The van der Waals surface area contributed by atoms with Gasteiger partial charge in [-0.2, -0.15) is 10.2 Å². The first-order valence-electron chi connectivity index (χ1n) is 3.38. The van der Waals surface area contributed by atoms with E-state index in [1.54, 1.807) is 6.92 Å². The van der Waals surface area contributed by atoms with Crippen LogP contribution in [-0.4, -0.2) is 25.2 Å². The van der Waals surface area contributed by atoms with Crippen LogP contribution < -0.4 is 0 Å². The highest BCUT2D eigenvalue weighted by Gasteiger charge is 2.21. The van der Waals surface area contributed by atoms with Crippen molar-refractivity contribution in [3.63, 3.8) is 0 Å². The molecule has 4 heteroatoms. The zero-order valence-corrected chi connectivity index (χ0v) is 5.91. The Labute approximate surface area is 59.3 Å². The second-order valence-corrected chi connectivity index (χ2v) is 2.04. The molecule has 0 fully saturated rings. The van der Waals surface area contributed by atoms with Gasteiger partial charge in [-0.25, -0.2) is 4.79 Å². The Kier molecular flexibility index (Phi) is 2.36. The Morgan fingerprint density at radius 2 is 2.60 bits per heavy atom. The van der Waals surface area contributed by atoms with E-state index in [0.29, 0.717) is 19.6 Å². The summed E-state index contributed by atoms with van der Waals surface area (Å²) in [6, 6.07) is -0.319. The van der Waals surface area contributed by atoms with Gasteiger partial charge in [0.15, 0.2) is 6.04 Å². The molecular formula is C6H10N2O2. The number of rotatable bonds is 2. The highest BCUT2D eigenvalue weighted by atomic mass is 16.5. The van der Waals surface area contributed by atoms with Crippen molar-refractivity contribution >= 4 is 5.97 Å². The summed E-state index contributed by atoms with van der Waals surface area (Å²) in [6.07, 6.45) is 0.707. The summed E-state index contributed by atoms with van der Waals surface area (Å²) in [7, 11) is 0. The quantitative estimate of drug-likeness (QED) is 0.535. The maximum absolute atomic E-state index is 10.9. The highest BCUT2D eigenvalue weighted by molar-refractivity contribution is 5.76. The number of ether oxygens (including phenoxy) is 1. The second-order valence-electron chi connectivity index (χ2n) is 2.04. The lowest BCUT2D eigenvalue weighted by Gasteiger charge is -2.02. The number of hydrogen-bond acceptors (Lipinski definition) is 4. The Balaban J connectivity index is 2.33. The molecule has 0 N–H and O–H groups in total. The summed E-state index contributed by atoms with van der Waals surface area (Å²) < 4.78 is 4.73. The van der Waals surface area contributed by atoms with Crippen molar-refractivity contribution in [3.05, 3.63) is 0 Å². The number of esters is 1. The maximum Gasteiger partial charge on any atom is 0.332 e. The third-order valence-electron chi connectivity index (χ3n) is 1.28. The Hall–Kier alpha value is -0.930. The van der Waals surface area contributed by atoms with Gasteiger partial charge in [0.1, 0.15) is 0 Å². The van der Waals surface area contributed by atoms with Crippen LogP contribution in [0.5, 0.6) is 0 Å². The lowest BCUT2D eigenvalue weighted by Crippen LogP contribution is -2.19. The molecule has 0 aromatic rings. The number of azo groups is 1. The lowest BCUT2D eigenvalue weighted by molar-refractivity contribution is -0.144. The Morgan fingerprint density at radius 1 is 1.80 bits per heavy atom. The van der Waals surface area contributed by atoms with Gasteiger partial charge in [0.2, 0.25) is 0 Å². The van der Waals surface area contributed by atoms with Crippen molar-refractivity contribution in [1.29, 1.82) is 0 Å². The minimum atomic E-state index is -0.319. The van der Waals surface area contributed by atoms with Gasteiger partial charge < -0.3 is 4.74 Å².